The van der Waals surface area contributed by atoms with Crippen molar-refractivity contribution in [1.29, 1.82) is 0 Å². The fourth-order valence-corrected chi connectivity index (χ4v) is 4.30. The highest BCUT2D eigenvalue weighted by molar-refractivity contribution is 7.87. The Balaban J connectivity index is 1.66. The van der Waals surface area contributed by atoms with Gasteiger partial charge >= 0.3 is 22.6 Å². The third-order valence-corrected chi connectivity index (χ3v) is 6.51. The molecule has 2 N–H and O–H groups in total. The predicted octanol–water partition coefficient (Wildman–Crippen LogP) is 3.99. The SMILES string of the molecule is Cc1ccc(C(F)(F)F)cc1Nc1nc(C(=O)NS(=O)(=O)N2CCC(C(F)(F)F)CC2)co1. The molecule has 0 unspecified atom stereocenters. The van der Waals surface area contributed by atoms with Gasteiger partial charge in [0.2, 0.25) is 0 Å². The number of alkyl halides is 6. The van der Waals surface area contributed by atoms with Crippen LogP contribution in [0.5, 0.6) is 0 Å². The Bertz CT molecular complexity index is 1120. The van der Waals surface area contributed by atoms with Crippen molar-refractivity contribution in [2.24, 2.45) is 5.92 Å². The normalized spacial score (nSPS) is 16.6. The first-order chi connectivity index (χ1) is 15.2. The van der Waals surface area contributed by atoms with Crippen molar-refractivity contribution in [3.63, 3.8) is 0 Å². The highest BCUT2D eigenvalue weighted by Crippen LogP contribution is 2.35. The lowest BCUT2D eigenvalue weighted by atomic mass is 9.98. The number of benzene rings is 1. The number of hydrogen-bond donors (Lipinski definition) is 2. The Kier molecular flexibility index (Phi) is 6.66. The molecular weight excluding hydrogens is 482 g/mol. The van der Waals surface area contributed by atoms with Gasteiger partial charge in [0, 0.05) is 18.8 Å². The van der Waals surface area contributed by atoms with Crippen LogP contribution in [0.15, 0.2) is 28.9 Å². The van der Waals surface area contributed by atoms with E-state index >= 15 is 0 Å². The van der Waals surface area contributed by atoms with Crippen molar-refractivity contribution in [2.75, 3.05) is 18.4 Å². The second kappa shape index (κ2) is 8.85. The summed E-state index contributed by atoms with van der Waals surface area (Å²) in [5, 5.41) is 2.48. The molecule has 3 rings (SSSR count). The van der Waals surface area contributed by atoms with Crippen LogP contribution in [0.2, 0.25) is 0 Å². The number of carbonyl (C=O) groups excluding carboxylic acids is 1. The van der Waals surface area contributed by atoms with E-state index in [1.54, 1.807) is 4.72 Å². The zero-order valence-electron chi connectivity index (χ0n) is 16.9. The lowest BCUT2D eigenvalue weighted by Crippen LogP contribution is -2.48. The number of oxazole rings is 1. The summed E-state index contributed by atoms with van der Waals surface area (Å²) in [4.78, 5) is 16.0. The molecule has 0 spiro atoms. The van der Waals surface area contributed by atoms with Gasteiger partial charge in [0.15, 0.2) is 5.69 Å². The molecule has 0 atom stereocenters. The quantitative estimate of drug-likeness (QED) is 0.602. The van der Waals surface area contributed by atoms with E-state index in [9.17, 15) is 39.6 Å². The molecule has 182 valence electrons. The average molecular weight is 500 g/mol. The molecule has 33 heavy (non-hydrogen) atoms. The van der Waals surface area contributed by atoms with Crippen LogP contribution < -0.4 is 10.0 Å². The number of rotatable bonds is 5. The van der Waals surface area contributed by atoms with Crippen molar-refractivity contribution < 1.29 is 44.0 Å². The van der Waals surface area contributed by atoms with Gasteiger partial charge in [-0.1, -0.05) is 6.07 Å². The topological polar surface area (TPSA) is 105 Å². The first-order valence-corrected chi connectivity index (χ1v) is 10.9. The molecule has 8 nitrogen and oxygen atoms in total. The predicted molar refractivity (Wildman–Crippen MR) is 103 cm³/mol. The van der Waals surface area contributed by atoms with Gasteiger partial charge < -0.3 is 9.73 Å². The summed E-state index contributed by atoms with van der Waals surface area (Å²) in [6, 6.07) is 2.55. The van der Waals surface area contributed by atoms with E-state index in [4.69, 9.17) is 4.42 Å². The molecule has 1 amide bonds. The zero-order valence-corrected chi connectivity index (χ0v) is 17.7. The van der Waals surface area contributed by atoms with Gasteiger partial charge in [0.05, 0.1) is 11.5 Å². The molecule has 2 aromatic rings. The molecule has 2 heterocycles. The minimum absolute atomic E-state index is 0.00112. The second-order valence-corrected chi connectivity index (χ2v) is 9.01. The van der Waals surface area contributed by atoms with Crippen molar-refractivity contribution in [1.82, 2.24) is 14.0 Å². The van der Waals surface area contributed by atoms with Crippen LogP contribution in [0.4, 0.5) is 38.0 Å². The standard InChI is InChI=1S/C18H18F6N4O4S/c1-10-2-3-12(18(22,23)24)8-13(10)25-16-26-14(9-32-16)15(29)27-33(30,31)28-6-4-11(5-7-28)17(19,20)21/h2-3,8-9,11H,4-7H2,1H3,(H,25,26)(H,27,29). The van der Waals surface area contributed by atoms with E-state index < -0.39 is 71.6 Å². The maximum Gasteiger partial charge on any atom is 0.416 e. The number of nitrogens with one attached hydrogen (secondary N) is 2. The molecule has 0 aliphatic carbocycles. The van der Waals surface area contributed by atoms with Crippen LogP contribution in [0.1, 0.15) is 34.5 Å². The lowest BCUT2D eigenvalue weighted by molar-refractivity contribution is -0.182. The third-order valence-electron chi connectivity index (χ3n) is 5.02. The number of piperidine rings is 1. The molecule has 1 saturated heterocycles. The Labute approximate surface area is 184 Å². The molecule has 1 aromatic carbocycles. The number of halogens is 6. The van der Waals surface area contributed by atoms with Crippen LogP contribution in [-0.4, -0.2) is 42.9 Å². The molecule has 0 radical (unpaired) electrons. The van der Waals surface area contributed by atoms with Crippen molar-refractivity contribution in [3.8, 4) is 0 Å². The van der Waals surface area contributed by atoms with E-state index in [1.165, 1.54) is 13.0 Å². The number of hydrogen-bond acceptors (Lipinski definition) is 6. The number of carbonyl (C=O) groups is 1. The maximum atomic E-state index is 12.9. The van der Waals surface area contributed by atoms with Crippen LogP contribution in [0, 0.1) is 12.8 Å². The number of aryl methyl sites for hydroxylation is 1. The minimum atomic E-state index is -4.59. The molecule has 1 aliphatic heterocycles. The molecule has 1 aromatic heterocycles. The summed E-state index contributed by atoms with van der Waals surface area (Å²) in [6.07, 6.45) is -9.11. The maximum absolute atomic E-state index is 12.9. The fourth-order valence-electron chi connectivity index (χ4n) is 3.14. The number of nitrogens with zero attached hydrogens (tertiary/aromatic N) is 2. The van der Waals surface area contributed by atoms with Gasteiger partial charge in [0.25, 0.3) is 11.9 Å². The largest absolute Gasteiger partial charge is 0.431 e. The number of amides is 1. The third kappa shape index (κ3) is 5.96. The van der Waals surface area contributed by atoms with Crippen LogP contribution in [0.3, 0.4) is 0 Å². The summed E-state index contributed by atoms with van der Waals surface area (Å²) in [5.41, 5.74) is -1.02. The van der Waals surface area contributed by atoms with Crippen LogP contribution in [0.25, 0.3) is 0 Å². The van der Waals surface area contributed by atoms with E-state index in [2.05, 4.69) is 10.3 Å². The van der Waals surface area contributed by atoms with Crippen molar-refractivity contribution in [3.05, 3.63) is 41.3 Å². The van der Waals surface area contributed by atoms with Gasteiger partial charge in [-0.25, -0.2) is 4.72 Å². The van der Waals surface area contributed by atoms with Gasteiger partial charge in [-0.15, -0.1) is 0 Å². The van der Waals surface area contributed by atoms with E-state index in [0.29, 0.717) is 5.56 Å². The van der Waals surface area contributed by atoms with Crippen LogP contribution >= 0.6 is 0 Å². The summed E-state index contributed by atoms with van der Waals surface area (Å²) in [6.45, 7) is 0.675. The van der Waals surface area contributed by atoms with Crippen LogP contribution in [-0.2, 0) is 16.4 Å². The highest BCUT2D eigenvalue weighted by Gasteiger charge is 2.43. The van der Waals surface area contributed by atoms with Crippen molar-refractivity contribution in [2.45, 2.75) is 32.1 Å². The molecule has 1 fully saturated rings. The van der Waals surface area contributed by atoms with Gasteiger partial charge in [-0.05, 0) is 37.5 Å². The van der Waals surface area contributed by atoms with Gasteiger partial charge in [-0.2, -0.15) is 44.0 Å². The Hall–Kier alpha value is -2.81. The highest BCUT2D eigenvalue weighted by atomic mass is 32.2. The van der Waals surface area contributed by atoms with Gasteiger partial charge in [0.1, 0.15) is 6.26 Å². The summed E-state index contributed by atoms with van der Waals surface area (Å²) >= 11 is 0. The smallest absolute Gasteiger partial charge is 0.416 e. The average Bonchev–Trinajstić information content (AvgIpc) is 3.17. The molecule has 15 heteroatoms. The zero-order chi connectivity index (χ0) is 24.6. The lowest BCUT2D eigenvalue weighted by Gasteiger charge is -2.31. The Morgan fingerprint density at radius 1 is 1.15 bits per heavy atom. The number of anilines is 2. The molecular formula is C18H18F6N4O4S. The van der Waals surface area contributed by atoms with E-state index in [-0.39, 0.29) is 11.7 Å². The first-order valence-electron chi connectivity index (χ1n) is 9.46. The van der Waals surface area contributed by atoms with E-state index in [0.717, 1.165) is 22.7 Å². The summed E-state index contributed by atoms with van der Waals surface area (Å²) < 4.78 is 109. The second-order valence-electron chi connectivity index (χ2n) is 7.34. The minimum Gasteiger partial charge on any atom is -0.431 e. The summed E-state index contributed by atoms with van der Waals surface area (Å²) in [7, 11) is -4.44. The molecule has 0 bridgehead atoms. The first kappa shape index (κ1) is 24.8. The van der Waals surface area contributed by atoms with Gasteiger partial charge in [-0.3, -0.25) is 4.79 Å². The Morgan fingerprint density at radius 2 is 1.79 bits per heavy atom. The summed E-state index contributed by atoms with van der Waals surface area (Å²) in [5.74, 6) is -2.84. The monoisotopic (exact) mass is 500 g/mol. The molecule has 0 saturated carbocycles. The fraction of sp³-hybridized carbons (Fsp3) is 0.444. The van der Waals surface area contributed by atoms with Crippen molar-refractivity contribution >= 4 is 27.8 Å². The van der Waals surface area contributed by atoms with E-state index in [1.807, 2.05) is 0 Å². The Morgan fingerprint density at radius 3 is 2.36 bits per heavy atom. The molecule has 1 aliphatic rings. The number of aromatic nitrogens is 1.